The molecule has 18 heavy (non-hydrogen) atoms. The largest absolute Gasteiger partial charge is 0.489 e. The molecule has 1 aromatic carbocycles. The Morgan fingerprint density at radius 2 is 2.06 bits per heavy atom. The number of hydrogen-bond donors (Lipinski definition) is 1. The molecule has 1 aromatic heterocycles. The van der Waals surface area contributed by atoms with Gasteiger partial charge in [0.1, 0.15) is 6.61 Å². The predicted octanol–water partition coefficient (Wildman–Crippen LogP) is 3.36. The van der Waals surface area contributed by atoms with Crippen LogP contribution in [0.1, 0.15) is 9.75 Å². The molecule has 0 aliphatic carbocycles. The minimum atomic E-state index is -0.314. The quantitative estimate of drug-likeness (QED) is 0.809. The lowest BCUT2D eigenvalue weighted by atomic mass is 10.3. The van der Waals surface area contributed by atoms with Gasteiger partial charge in [0.05, 0.1) is 0 Å². The van der Waals surface area contributed by atoms with Crippen molar-refractivity contribution in [2.24, 2.45) is 0 Å². The zero-order valence-corrected chi connectivity index (χ0v) is 11.1. The lowest BCUT2D eigenvalue weighted by molar-refractivity contribution is 0.298. The van der Waals surface area contributed by atoms with Crippen LogP contribution in [0.2, 0.25) is 0 Å². The van der Waals surface area contributed by atoms with Gasteiger partial charge >= 0.3 is 0 Å². The second-order valence-corrected chi connectivity index (χ2v) is 5.34. The van der Waals surface area contributed by atoms with Crippen LogP contribution in [-0.2, 0) is 6.54 Å². The van der Waals surface area contributed by atoms with Gasteiger partial charge in [0.15, 0.2) is 11.6 Å². The van der Waals surface area contributed by atoms with Crippen molar-refractivity contribution in [3.63, 3.8) is 0 Å². The van der Waals surface area contributed by atoms with Crippen LogP contribution in [0, 0.1) is 12.7 Å². The van der Waals surface area contributed by atoms with Gasteiger partial charge in [-0.05, 0) is 31.2 Å². The Labute approximate surface area is 110 Å². The van der Waals surface area contributed by atoms with Crippen molar-refractivity contribution in [2.45, 2.75) is 13.5 Å². The summed E-state index contributed by atoms with van der Waals surface area (Å²) in [6, 6.07) is 10.7. The highest BCUT2D eigenvalue weighted by molar-refractivity contribution is 7.11. The molecular weight excluding hydrogens is 249 g/mol. The number of nitrogens with one attached hydrogen (secondary N) is 1. The molecule has 1 heterocycles. The van der Waals surface area contributed by atoms with Gasteiger partial charge in [-0.25, -0.2) is 4.39 Å². The van der Waals surface area contributed by atoms with E-state index in [-0.39, 0.29) is 5.82 Å². The molecule has 0 spiro atoms. The molecule has 2 nitrogen and oxygen atoms in total. The fraction of sp³-hybridized carbons (Fsp3) is 0.286. The molecule has 0 radical (unpaired) electrons. The maximum atomic E-state index is 13.2. The molecule has 0 fully saturated rings. The molecule has 0 unspecified atom stereocenters. The van der Waals surface area contributed by atoms with Crippen LogP contribution >= 0.6 is 11.3 Å². The van der Waals surface area contributed by atoms with Crippen LogP contribution in [0.3, 0.4) is 0 Å². The SMILES string of the molecule is Cc1ccc(CNCCOc2ccccc2F)s1. The molecule has 96 valence electrons. The van der Waals surface area contributed by atoms with Crippen LogP contribution in [0.5, 0.6) is 5.75 Å². The Kier molecular flexibility index (Phi) is 4.73. The fourth-order valence-electron chi connectivity index (χ4n) is 1.59. The Morgan fingerprint density at radius 3 is 2.78 bits per heavy atom. The van der Waals surface area contributed by atoms with Crippen molar-refractivity contribution in [3.8, 4) is 5.75 Å². The molecule has 0 aliphatic heterocycles. The lowest BCUT2D eigenvalue weighted by Gasteiger charge is -2.07. The lowest BCUT2D eigenvalue weighted by Crippen LogP contribution is -2.20. The average Bonchev–Trinajstić information content (AvgIpc) is 2.77. The van der Waals surface area contributed by atoms with Crippen LogP contribution in [0.4, 0.5) is 4.39 Å². The minimum absolute atomic E-state index is 0.311. The van der Waals surface area contributed by atoms with Gasteiger partial charge in [0.2, 0.25) is 0 Å². The number of rotatable bonds is 6. The van der Waals surface area contributed by atoms with Crippen molar-refractivity contribution in [1.82, 2.24) is 5.32 Å². The summed E-state index contributed by atoms with van der Waals surface area (Å²) < 4.78 is 18.6. The van der Waals surface area contributed by atoms with E-state index in [4.69, 9.17) is 4.74 Å². The molecule has 0 saturated carbocycles. The van der Waals surface area contributed by atoms with E-state index in [0.29, 0.717) is 18.9 Å². The van der Waals surface area contributed by atoms with E-state index in [1.807, 2.05) is 0 Å². The normalized spacial score (nSPS) is 10.6. The Bertz CT molecular complexity index is 498. The highest BCUT2D eigenvalue weighted by Crippen LogP contribution is 2.15. The van der Waals surface area contributed by atoms with Crippen molar-refractivity contribution in [2.75, 3.05) is 13.2 Å². The van der Waals surface area contributed by atoms with E-state index in [1.165, 1.54) is 15.8 Å². The number of hydrogen-bond acceptors (Lipinski definition) is 3. The molecular formula is C14H16FNOS. The van der Waals surface area contributed by atoms with Crippen LogP contribution in [-0.4, -0.2) is 13.2 Å². The van der Waals surface area contributed by atoms with E-state index < -0.39 is 0 Å². The molecule has 0 saturated heterocycles. The smallest absolute Gasteiger partial charge is 0.165 e. The van der Waals surface area contributed by atoms with Crippen molar-refractivity contribution in [3.05, 3.63) is 52.0 Å². The van der Waals surface area contributed by atoms with E-state index in [1.54, 1.807) is 29.5 Å². The van der Waals surface area contributed by atoms with Crippen molar-refractivity contribution < 1.29 is 9.13 Å². The van der Waals surface area contributed by atoms with Gasteiger partial charge in [-0.15, -0.1) is 11.3 Å². The maximum absolute atomic E-state index is 13.2. The third-order valence-electron chi connectivity index (χ3n) is 2.47. The summed E-state index contributed by atoms with van der Waals surface area (Å²) in [5.41, 5.74) is 0. The molecule has 2 aromatic rings. The summed E-state index contributed by atoms with van der Waals surface area (Å²) >= 11 is 1.78. The number of benzene rings is 1. The first-order valence-corrected chi connectivity index (χ1v) is 6.71. The van der Waals surface area contributed by atoms with Crippen LogP contribution in [0.25, 0.3) is 0 Å². The fourth-order valence-corrected chi connectivity index (χ4v) is 2.45. The third kappa shape index (κ3) is 3.82. The van der Waals surface area contributed by atoms with Gasteiger partial charge < -0.3 is 10.1 Å². The van der Waals surface area contributed by atoms with Gasteiger partial charge in [-0.3, -0.25) is 0 Å². The number of aryl methyl sites for hydroxylation is 1. The summed E-state index contributed by atoms with van der Waals surface area (Å²) in [6.07, 6.45) is 0. The standard InChI is InChI=1S/C14H16FNOS/c1-11-6-7-12(18-11)10-16-8-9-17-14-5-3-2-4-13(14)15/h2-7,16H,8-10H2,1H3. The number of para-hydroxylation sites is 1. The van der Waals surface area contributed by atoms with Gasteiger partial charge in [-0.1, -0.05) is 12.1 Å². The van der Waals surface area contributed by atoms with Crippen molar-refractivity contribution in [1.29, 1.82) is 0 Å². The second kappa shape index (κ2) is 6.52. The van der Waals surface area contributed by atoms with Gasteiger partial charge in [0, 0.05) is 22.8 Å². The highest BCUT2D eigenvalue weighted by Gasteiger charge is 2.00. The monoisotopic (exact) mass is 265 g/mol. The molecule has 2 rings (SSSR count). The van der Waals surface area contributed by atoms with E-state index in [0.717, 1.165) is 6.54 Å². The molecule has 0 amide bonds. The first-order chi connectivity index (χ1) is 8.75. The maximum Gasteiger partial charge on any atom is 0.165 e. The van der Waals surface area contributed by atoms with Crippen LogP contribution < -0.4 is 10.1 Å². The van der Waals surface area contributed by atoms with Crippen LogP contribution in [0.15, 0.2) is 36.4 Å². The molecule has 0 atom stereocenters. The Hall–Kier alpha value is -1.39. The summed E-state index contributed by atoms with van der Waals surface area (Å²) in [4.78, 5) is 2.62. The number of thiophene rings is 1. The molecule has 0 bridgehead atoms. The summed E-state index contributed by atoms with van der Waals surface area (Å²) in [6.45, 7) is 4.09. The molecule has 0 aliphatic rings. The summed E-state index contributed by atoms with van der Waals surface area (Å²) in [5, 5.41) is 3.27. The topological polar surface area (TPSA) is 21.3 Å². The third-order valence-corrected chi connectivity index (χ3v) is 3.47. The second-order valence-electron chi connectivity index (χ2n) is 3.97. The Balaban J connectivity index is 1.66. The van der Waals surface area contributed by atoms with E-state index in [2.05, 4.69) is 24.4 Å². The zero-order chi connectivity index (χ0) is 12.8. The van der Waals surface area contributed by atoms with Gasteiger partial charge in [-0.2, -0.15) is 0 Å². The minimum Gasteiger partial charge on any atom is -0.489 e. The van der Waals surface area contributed by atoms with Crippen molar-refractivity contribution >= 4 is 11.3 Å². The summed E-state index contributed by atoms with van der Waals surface area (Å²) in [7, 11) is 0. The molecule has 4 heteroatoms. The predicted molar refractivity (Wildman–Crippen MR) is 72.7 cm³/mol. The Morgan fingerprint density at radius 1 is 1.22 bits per heavy atom. The first-order valence-electron chi connectivity index (χ1n) is 5.89. The van der Waals surface area contributed by atoms with E-state index >= 15 is 0 Å². The van der Waals surface area contributed by atoms with Gasteiger partial charge in [0.25, 0.3) is 0 Å². The summed E-state index contributed by atoms with van der Waals surface area (Å²) in [5.74, 6) is -0.00218. The average molecular weight is 265 g/mol. The number of ether oxygens (including phenoxy) is 1. The highest BCUT2D eigenvalue weighted by atomic mass is 32.1. The number of halogens is 1. The van der Waals surface area contributed by atoms with E-state index in [9.17, 15) is 4.39 Å². The molecule has 1 N–H and O–H groups in total. The first kappa shape index (κ1) is 13.1. The zero-order valence-electron chi connectivity index (χ0n) is 10.3.